The molecule has 0 bridgehead atoms. The van der Waals surface area contributed by atoms with Gasteiger partial charge in [0.2, 0.25) is 5.91 Å². The van der Waals surface area contributed by atoms with E-state index in [0.29, 0.717) is 30.2 Å². The van der Waals surface area contributed by atoms with Crippen molar-refractivity contribution in [2.24, 2.45) is 7.05 Å². The first-order chi connectivity index (χ1) is 11.8. The summed E-state index contributed by atoms with van der Waals surface area (Å²) in [6.45, 7) is 6.80. The Labute approximate surface area is 152 Å². The van der Waals surface area contributed by atoms with Crippen LogP contribution in [0.3, 0.4) is 0 Å². The lowest BCUT2D eigenvalue weighted by molar-refractivity contribution is -0.128. The molecular formula is C19H23N3O2S. The van der Waals surface area contributed by atoms with Gasteiger partial charge in [-0.3, -0.25) is 14.2 Å². The van der Waals surface area contributed by atoms with Gasteiger partial charge >= 0.3 is 0 Å². The summed E-state index contributed by atoms with van der Waals surface area (Å²) in [7, 11) is 1.72. The molecule has 1 aliphatic heterocycles. The van der Waals surface area contributed by atoms with Crippen LogP contribution in [0.5, 0.6) is 0 Å². The number of aryl methyl sites for hydroxylation is 3. The van der Waals surface area contributed by atoms with Crippen LogP contribution in [0.25, 0.3) is 0 Å². The molecule has 6 heteroatoms. The van der Waals surface area contributed by atoms with E-state index in [2.05, 4.69) is 37.0 Å². The van der Waals surface area contributed by atoms with E-state index >= 15 is 0 Å². The van der Waals surface area contributed by atoms with Gasteiger partial charge in [0.25, 0.3) is 5.56 Å². The lowest BCUT2D eigenvalue weighted by Gasteiger charge is -2.14. The third kappa shape index (κ3) is 3.79. The Morgan fingerprint density at radius 1 is 1.16 bits per heavy atom. The first kappa shape index (κ1) is 17.7. The summed E-state index contributed by atoms with van der Waals surface area (Å²) in [5.41, 5.74) is 5.09. The molecule has 0 fully saturated rings. The zero-order valence-corrected chi connectivity index (χ0v) is 15.9. The molecule has 1 aromatic heterocycles. The minimum Gasteiger partial charge on any atom is -0.331 e. The third-order valence-electron chi connectivity index (χ3n) is 4.51. The molecule has 0 N–H and O–H groups in total. The Morgan fingerprint density at radius 2 is 1.84 bits per heavy atom. The molecule has 0 saturated heterocycles. The van der Waals surface area contributed by atoms with Gasteiger partial charge in [-0.25, -0.2) is 4.98 Å². The molecule has 132 valence electrons. The van der Waals surface area contributed by atoms with E-state index in [0.717, 1.165) is 11.4 Å². The summed E-state index contributed by atoms with van der Waals surface area (Å²) in [5.74, 6) is 1.98. The van der Waals surface area contributed by atoms with E-state index in [1.54, 1.807) is 28.3 Å². The number of benzene rings is 1. The first-order valence-corrected chi connectivity index (χ1v) is 9.48. The quantitative estimate of drug-likeness (QED) is 0.844. The number of thioether (sulfide) groups is 1. The summed E-state index contributed by atoms with van der Waals surface area (Å²) >= 11 is 1.61. The number of nitrogens with zero attached hydrogens (tertiary/aromatic N) is 3. The normalized spacial score (nSPS) is 13.2. The molecule has 1 aliphatic rings. The lowest BCUT2D eigenvalue weighted by Crippen LogP contribution is -2.28. The highest BCUT2D eigenvalue weighted by Gasteiger charge is 2.27. The van der Waals surface area contributed by atoms with Crippen molar-refractivity contribution < 1.29 is 4.79 Å². The molecule has 1 aromatic carbocycles. The Morgan fingerprint density at radius 3 is 2.52 bits per heavy atom. The second-order valence-electron chi connectivity index (χ2n) is 6.69. The van der Waals surface area contributed by atoms with Crippen LogP contribution in [0, 0.1) is 20.8 Å². The van der Waals surface area contributed by atoms with Crippen LogP contribution in [-0.2, 0) is 30.7 Å². The Hall–Kier alpha value is -2.08. The van der Waals surface area contributed by atoms with Crippen LogP contribution in [-0.4, -0.2) is 26.1 Å². The van der Waals surface area contributed by atoms with Crippen molar-refractivity contribution in [3.05, 3.63) is 62.3 Å². The average Bonchev–Trinajstić information content (AvgIpc) is 2.96. The third-order valence-corrected chi connectivity index (χ3v) is 5.50. The van der Waals surface area contributed by atoms with Crippen molar-refractivity contribution in [1.29, 1.82) is 0 Å². The fourth-order valence-electron chi connectivity index (χ4n) is 3.20. The number of carbonyl (C=O) groups excluding carboxylic acids is 1. The molecule has 0 atom stereocenters. The molecule has 0 spiro atoms. The van der Waals surface area contributed by atoms with Gasteiger partial charge in [0.15, 0.2) is 0 Å². The summed E-state index contributed by atoms with van der Waals surface area (Å²) in [6, 6.07) is 6.47. The Kier molecular flexibility index (Phi) is 4.99. The van der Waals surface area contributed by atoms with E-state index in [1.165, 1.54) is 16.7 Å². The zero-order valence-electron chi connectivity index (χ0n) is 15.1. The van der Waals surface area contributed by atoms with E-state index in [4.69, 9.17) is 0 Å². The molecule has 5 nitrogen and oxygen atoms in total. The van der Waals surface area contributed by atoms with Crippen molar-refractivity contribution in [3.8, 4) is 0 Å². The van der Waals surface area contributed by atoms with Crippen LogP contribution >= 0.6 is 11.8 Å². The monoisotopic (exact) mass is 357 g/mol. The predicted octanol–water partition coefficient (Wildman–Crippen LogP) is 2.48. The molecular weight excluding hydrogens is 334 g/mol. The molecule has 0 radical (unpaired) electrons. The van der Waals surface area contributed by atoms with E-state index in [-0.39, 0.29) is 11.5 Å². The number of aromatic nitrogens is 2. The predicted molar refractivity (Wildman–Crippen MR) is 101 cm³/mol. The van der Waals surface area contributed by atoms with E-state index in [9.17, 15) is 9.59 Å². The molecule has 3 rings (SSSR count). The number of fused-ring (bicyclic) bond motifs is 1. The maximum atomic E-state index is 12.5. The number of rotatable bonds is 4. The molecule has 25 heavy (non-hydrogen) atoms. The highest BCUT2D eigenvalue weighted by molar-refractivity contribution is 7.99. The number of hydrogen-bond acceptors (Lipinski definition) is 4. The van der Waals surface area contributed by atoms with Crippen molar-refractivity contribution in [3.63, 3.8) is 0 Å². The second kappa shape index (κ2) is 7.04. The van der Waals surface area contributed by atoms with Gasteiger partial charge in [-0.05, 0) is 26.3 Å². The van der Waals surface area contributed by atoms with Crippen molar-refractivity contribution in [2.45, 2.75) is 39.6 Å². The van der Waals surface area contributed by atoms with E-state index in [1.807, 2.05) is 6.92 Å². The minimum atomic E-state index is -0.0410. The van der Waals surface area contributed by atoms with Gasteiger partial charge < -0.3 is 4.90 Å². The fraction of sp³-hybridized carbons (Fsp3) is 0.421. The number of carbonyl (C=O) groups is 1. The van der Waals surface area contributed by atoms with Crippen molar-refractivity contribution >= 4 is 17.7 Å². The average molecular weight is 357 g/mol. The van der Waals surface area contributed by atoms with Crippen LogP contribution < -0.4 is 5.56 Å². The SMILES string of the molecule is Cc1cc(C)cc(CSCC(=O)N2Cc3nc(C)n(C)c(=O)c3C2)c1. The topological polar surface area (TPSA) is 55.2 Å². The van der Waals surface area contributed by atoms with E-state index < -0.39 is 0 Å². The van der Waals surface area contributed by atoms with Gasteiger partial charge in [-0.2, -0.15) is 0 Å². The molecule has 0 unspecified atom stereocenters. The fourth-order valence-corrected chi connectivity index (χ4v) is 4.07. The van der Waals surface area contributed by atoms with Crippen LogP contribution in [0.2, 0.25) is 0 Å². The second-order valence-corrected chi connectivity index (χ2v) is 7.67. The standard InChI is InChI=1S/C19H23N3O2S/c1-12-5-13(2)7-15(6-12)10-25-11-18(23)22-8-16-17(9-22)20-14(3)21(4)19(16)24/h5-7H,8-11H2,1-4H3. The number of hydrogen-bond donors (Lipinski definition) is 0. The van der Waals surface area contributed by atoms with Crippen LogP contribution in [0.1, 0.15) is 33.8 Å². The van der Waals surface area contributed by atoms with Crippen LogP contribution in [0.4, 0.5) is 0 Å². The molecule has 0 aliphatic carbocycles. The van der Waals surface area contributed by atoms with Crippen molar-refractivity contribution in [2.75, 3.05) is 5.75 Å². The Bertz CT molecular complexity index is 869. The number of amides is 1. The highest BCUT2D eigenvalue weighted by atomic mass is 32.2. The Balaban J connectivity index is 1.60. The minimum absolute atomic E-state index is 0.0410. The molecule has 0 saturated carbocycles. The molecule has 1 amide bonds. The summed E-state index contributed by atoms with van der Waals surface area (Å²) < 4.78 is 1.54. The summed E-state index contributed by atoms with van der Waals surface area (Å²) in [5, 5.41) is 0. The molecule has 2 aromatic rings. The smallest absolute Gasteiger partial charge is 0.258 e. The highest BCUT2D eigenvalue weighted by Crippen LogP contribution is 2.21. The maximum Gasteiger partial charge on any atom is 0.258 e. The van der Waals surface area contributed by atoms with Gasteiger partial charge in [-0.1, -0.05) is 29.3 Å². The summed E-state index contributed by atoms with van der Waals surface area (Å²) in [6.07, 6.45) is 0. The van der Waals surface area contributed by atoms with Gasteiger partial charge in [0.05, 0.1) is 30.1 Å². The largest absolute Gasteiger partial charge is 0.331 e. The maximum absolute atomic E-state index is 12.5. The van der Waals surface area contributed by atoms with Gasteiger partial charge in [0, 0.05) is 12.8 Å². The van der Waals surface area contributed by atoms with Crippen LogP contribution in [0.15, 0.2) is 23.0 Å². The molecule has 2 heterocycles. The summed E-state index contributed by atoms with van der Waals surface area (Å²) in [4.78, 5) is 31.0. The first-order valence-electron chi connectivity index (χ1n) is 8.33. The van der Waals surface area contributed by atoms with Gasteiger partial charge in [0.1, 0.15) is 5.82 Å². The lowest BCUT2D eigenvalue weighted by atomic mass is 10.1. The van der Waals surface area contributed by atoms with Gasteiger partial charge in [-0.15, -0.1) is 11.8 Å². The zero-order chi connectivity index (χ0) is 18.1. The van der Waals surface area contributed by atoms with Crippen molar-refractivity contribution in [1.82, 2.24) is 14.5 Å².